The lowest BCUT2D eigenvalue weighted by Crippen LogP contribution is -2.31. The van der Waals surface area contributed by atoms with Crippen molar-refractivity contribution in [1.29, 1.82) is 0 Å². The Labute approximate surface area is 74.8 Å². The maximum absolute atomic E-state index is 10.8. The number of carbonyl (C=O) groups is 1. The van der Waals surface area contributed by atoms with Crippen LogP contribution >= 0.6 is 11.3 Å². The van der Waals surface area contributed by atoms with Crippen LogP contribution in [0.4, 0.5) is 0 Å². The summed E-state index contributed by atoms with van der Waals surface area (Å²) in [5, 5.41) is 2.93. The van der Waals surface area contributed by atoms with E-state index in [-0.39, 0.29) is 12.3 Å². The maximum Gasteiger partial charge on any atom is 0.239 e. The van der Waals surface area contributed by atoms with Crippen LogP contribution in [0.2, 0.25) is 0 Å². The van der Waals surface area contributed by atoms with Gasteiger partial charge in [-0.15, -0.1) is 11.3 Å². The molecule has 0 aliphatic rings. The third kappa shape index (κ3) is 2.28. The summed E-state index contributed by atoms with van der Waals surface area (Å²) in [6.07, 6.45) is 1.18. The Balaban J connectivity index is 2.58. The van der Waals surface area contributed by atoms with Crippen LogP contribution in [0.3, 0.4) is 0 Å². The second kappa shape index (κ2) is 4.18. The molecule has 0 saturated heterocycles. The van der Waals surface area contributed by atoms with E-state index in [4.69, 9.17) is 5.84 Å². The lowest BCUT2D eigenvalue weighted by atomic mass is 10.3. The summed E-state index contributed by atoms with van der Waals surface area (Å²) in [5.74, 6) is 4.73. The molecule has 12 heavy (non-hydrogen) atoms. The van der Waals surface area contributed by atoms with Crippen LogP contribution in [0.15, 0.2) is 5.38 Å². The smallest absolute Gasteiger partial charge is 0.239 e. The van der Waals surface area contributed by atoms with Gasteiger partial charge in [0.15, 0.2) is 0 Å². The van der Waals surface area contributed by atoms with Crippen LogP contribution in [0, 0.1) is 0 Å². The van der Waals surface area contributed by atoms with Crippen molar-refractivity contribution < 1.29 is 4.79 Å². The summed E-state index contributed by atoms with van der Waals surface area (Å²) >= 11 is 1.57. The Kier molecular flexibility index (Phi) is 3.19. The number of carbonyl (C=O) groups excluding carboxylic acids is 1. The number of hydrazine groups is 1. The Morgan fingerprint density at radius 2 is 2.58 bits per heavy atom. The van der Waals surface area contributed by atoms with Crippen LogP contribution in [-0.4, -0.2) is 10.9 Å². The number of amides is 1. The van der Waals surface area contributed by atoms with Gasteiger partial charge in [-0.1, -0.05) is 6.92 Å². The van der Waals surface area contributed by atoms with E-state index < -0.39 is 0 Å². The van der Waals surface area contributed by atoms with Gasteiger partial charge < -0.3 is 0 Å². The predicted octanol–water partition coefficient (Wildman–Crippen LogP) is 0.238. The molecule has 3 N–H and O–H groups in total. The largest absolute Gasteiger partial charge is 0.294 e. The van der Waals surface area contributed by atoms with Gasteiger partial charge in [0, 0.05) is 5.38 Å². The lowest BCUT2D eigenvalue weighted by Gasteiger charge is -1.93. The Morgan fingerprint density at radius 3 is 3.08 bits per heavy atom. The van der Waals surface area contributed by atoms with Crippen molar-refractivity contribution in [3.05, 3.63) is 16.1 Å². The van der Waals surface area contributed by atoms with Gasteiger partial charge in [-0.25, -0.2) is 10.8 Å². The number of aryl methyl sites for hydroxylation is 1. The Morgan fingerprint density at radius 1 is 1.83 bits per heavy atom. The molecule has 4 nitrogen and oxygen atoms in total. The summed E-state index contributed by atoms with van der Waals surface area (Å²) < 4.78 is 0. The number of aromatic nitrogens is 1. The number of hydrogen-bond acceptors (Lipinski definition) is 4. The zero-order chi connectivity index (χ0) is 8.97. The second-order valence-electron chi connectivity index (χ2n) is 2.33. The Hall–Kier alpha value is -0.940. The molecule has 0 fully saturated rings. The monoisotopic (exact) mass is 185 g/mol. The number of thiazole rings is 1. The normalized spacial score (nSPS) is 9.83. The third-order valence-corrected chi connectivity index (χ3v) is 2.45. The van der Waals surface area contributed by atoms with Crippen molar-refractivity contribution in [2.45, 2.75) is 19.8 Å². The van der Waals surface area contributed by atoms with Crippen molar-refractivity contribution in [2.24, 2.45) is 5.84 Å². The van der Waals surface area contributed by atoms with E-state index in [1.165, 1.54) is 0 Å². The number of nitrogens with two attached hydrogens (primary N) is 1. The minimum absolute atomic E-state index is 0.206. The summed E-state index contributed by atoms with van der Waals surface area (Å²) in [4.78, 5) is 15.0. The molecule has 0 radical (unpaired) electrons. The summed E-state index contributed by atoms with van der Waals surface area (Å²) in [6, 6.07) is 0. The number of nitrogens with one attached hydrogen (secondary N) is 1. The standard InChI is InChI=1S/C7H11N3OS/c1-2-7-9-5(4-12-7)3-6(11)10-8/h4H,2-3,8H2,1H3,(H,10,11). The topological polar surface area (TPSA) is 68.0 Å². The van der Waals surface area contributed by atoms with Crippen molar-refractivity contribution in [3.8, 4) is 0 Å². The molecule has 0 aliphatic heterocycles. The van der Waals surface area contributed by atoms with E-state index in [9.17, 15) is 4.79 Å². The van der Waals surface area contributed by atoms with Gasteiger partial charge in [0.25, 0.3) is 0 Å². The quantitative estimate of drug-likeness (QED) is 0.402. The highest BCUT2D eigenvalue weighted by Crippen LogP contribution is 2.10. The average molecular weight is 185 g/mol. The minimum Gasteiger partial charge on any atom is -0.294 e. The molecule has 0 bridgehead atoms. The number of nitrogens with zero attached hydrogens (tertiary/aromatic N) is 1. The predicted molar refractivity (Wildman–Crippen MR) is 47.5 cm³/mol. The molecule has 0 aromatic carbocycles. The first kappa shape index (κ1) is 9.15. The summed E-state index contributed by atoms with van der Waals surface area (Å²) in [5.41, 5.74) is 2.86. The van der Waals surface area contributed by atoms with Crippen molar-refractivity contribution in [3.63, 3.8) is 0 Å². The van der Waals surface area contributed by atoms with Crippen LogP contribution in [0.25, 0.3) is 0 Å². The first-order chi connectivity index (χ1) is 5.76. The van der Waals surface area contributed by atoms with Crippen molar-refractivity contribution >= 4 is 17.2 Å². The van der Waals surface area contributed by atoms with Gasteiger partial charge in [0.05, 0.1) is 17.1 Å². The van der Waals surface area contributed by atoms with Gasteiger partial charge in [-0.05, 0) is 6.42 Å². The van der Waals surface area contributed by atoms with Gasteiger partial charge >= 0.3 is 0 Å². The molecule has 0 unspecified atom stereocenters. The zero-order valence-corrected chi connectivity index (χ0v) is 7.65. The molecule has 0 atom stereocenters. The maximum atomic E-state index is 10.8. The van der Waals surface area contributed by atoms with E-state index in [1.54, 1.807) is 11.3 Å². The van der Waals surface area contributed by atoms with Crippen LogP contribution in [0.5, 0.6) is 0 Å². The fraction of sp³-hybridized carbons (Fsp3) is 0.429. The number of rotatable bonds is 3. The third-order valence-electron chi connectivity index (χ3n) is 1.40. The molecular weight excluding hydrogens is 174 g/mol. The molecule has 0 spiro atoms. The molecule has 1 amide bonds. The SMILES string of the molecule is CCc1nc(CC(=O)NN)cs1. The lowest BCUT2D eigenvalue weighted by molar-refractivity contribution is -0.120. The van der Waals surface area contributed by atoms with E-state index in [2.05, 4.69) is 10.4 Å². The average Bonchev–Trinajstić information content (AvgIpc) is 2.52. The van der Waals surface area contributed by atoms with Gasteiger partial charge in [0.1, 0.15) is 0 Å². The van der Waals surface area contributed by atoms with Gasteiger partial charge in [-0.3, -0.25) is 10.2 Å². The molecule has 66 valence electrons. The highest BCUT2D eigenvalue weighted by atomic mass is 32.1. The van der Waals surface area contributed by atoms with Crippen LogP contribution in [-0.2, 0) is 17.6 Å². The van der Waals surface area contributed by atoms with E-state index in [1.807, 2.05) is 12.3 Å². The minimum atomic E-state index is -0.206. The van der Waals surface area contributed by atoms with Gasteiger partial charge in [-0.2, -0.15) is 0 Å². The molecule has 5 heteroatoms. The Bertz CT molecular complexity index is 271. The first-order valence-electron chi connectivity index (χ1n) is 3.69. The van der Waals surface area contributed by atoms with Crippen molar-refractivity contribution in [2.75, 3.05) is 0 Å². The highest BCUT2D eigenvalue weighted by Gasteiger charge is 2.04. The molecular formula is C7H11N3OS. The van der Waals surface area contributed by atoms with Crippen LogP contribution < -0.4 is 11.3 Å². The highest BCUT2D eigenvalue weighted by molar-refractivity contribution is 7.09. The van der Waals surface area contributed by atoms with Crippen molar-refractivity contribution in [1.82, 2.24) is 10.4 Å². The molecule has 1 aromatic rings. The number of hydrogen-bond donors (Lipinski definition) is 2. The van der Waals surface area contributed by atoms with Gasteiger partial charge in [0.2, 0.25) is 5.91 Å². The van der Waals surface area contributed by atoms with E-state index in [0.29, 0.717) is 0 Å². The second-order valence-corrected chi connectivity index (χ2v) is 3.27. The summed E-state index contributed by atoms with van der Waals surface area (Å²) in [7, 11) is 0. The molecule has 0 aliphatic carbocycles. The molecule has 1 aromatic heterocycles. The fourth-order valence-corrected chi connectivity index (χ4v) is 1.55. The molecule has 1 heterocycles. The molecule has 1 rings (SSSR count). The zero-order valence-electron chi connectivity index (χ0n) is 6.83. The fourth-order valence-electron chi connectivity index (χ4n) is 0.808. The molecule has 0 saturated carbocycles. The van der Waals surface area contributed by atoms with E-state index in [0.717, 1.165) is 17.1 Å². The van der Waals surface area contributed by atoms with E-state index >= 15 is 0 Å². The van der Waals surface area contributed by atoms with Crippen LogP contribution in [0.1, 0.15) is 17.6 Å². The first-order valence-corrected chi connectivity index (χ1v) is 4.57. The summed E-state index contributed by atoms with van der Waals surface area (Å²) in [6.45, 7) is 2.03.